The Morgan fingerprint density at radius 1 is 0.273 bits per heavy atom. The minimum Gasteiger partial charge on any atom is -0.462 e. The summed E-state index contributed by atoms with van der Waals surface area (Å²) in [6, 6.07) is 0. The monoisotopic (exact) mass is 1070 g/mol. The molecule has 0 amide bonds. The minimum atomic E-state index is -0.797. The third-order valence-electron chi connectivity index (χ3n) is 14.7. The van der Waals surface area contributed by atoms with Crippen LogP contribution in [0.2, 0.25) is 0 Å². The molecule has 0 rings (SSSR count). The summed E-state index contributed by atoms with van der Waals surface area (Å²) >= 11 is 0. The molecule has 0 N–H and O–H groups in total. The first kappa shape index (κ1) is 73.8. The summed E-state index contributed by atoms with van der Waals surface area (Å²) in [7, 11) is 0. The molecule has 0 aliphatic carbocycles. The van der Waals surface area contributed by atoms with Crippen LogP contribution in [0.5, 0.6) is 0 Å². The average molecular weight is 1080 g/mol. The van der Waals surface area contributed by atoms with Crippen molar-refractivity contribution in [2.75, 3.05) is 13.2 Å². The summed E-state index contributed by atoms with van der Waals surface area (Å²) in [6.45, 7) is 6.54. The Kier molecular flexibility index (Phi) is 62.7. The minimum absolute atomic E-state index is 0.0886. The second kappa shape index (κ2) is 65.4. The van der Waals surface area contributed by atoms with Crippen molar-refractivity contribution in [3.05, 3.63) is 72.9 Å². The van der Waals surface area contributed by atoms with Crippen LogP contribution in [0.4, 0.5) is 0 Å². The molecule has 0 heterocycles. The summed E-state index contributed by atoms with van der Waals surface area (Å²) in [6.07, 6.45) is 84.9. The molecule has 0 saturated heterocycles. The van der Waals surface area contributed by atoms with Crippen molar-refractivity contribution in [2.45, 2.75) is 348 Å². The van der Waals surface area contributed by atoms with Crippen molar-refractivity contribution in [3.8, 4) is 0 Å². The molecule has 0 aliphatic heterocycles. The summed E-state index contributed by atoms with van der Waals surface area (Å²) < 4.78 is 16.9. The molecule has 446 valence electrons. The maximum atomic E-state index is 12.9. The highest BCUT2D eigenvalue weighted by molar-refractivity contribution is 5.71. The molecule has 0 fully saturated rings. The van der Waals surface area contributed by atoms with Gasteiger partial charge in [-0.2, -0.15) is 0 Å². The molecular weight excluding hydrogens is 949 g/mol. The molecule has 0 saturated carbocycles. The fourth-order valence-corrected chi connectivity index (χ4v) is 9.74. The van der Waals surface area contributed by atoms with Gasteiger partial charge in [-0.3, -0.25) is 14.4 Å². The smallest absolute Gasteiger partial charge is 0.306 e. The van der Waals surface area contributed by atoms with Crippen molar-refractivity contribution in [1.29, 1.82) is 0 Å². The highest BCUT2D eigenvalue weighted by Crippen LogP contribution is 2.18. The number of hydrogen-bond donors (Lipinski definition) is 0. The predicted octanol–water partition coefficient (Wildman–Crippen LogP) is 22.9. The van der Waals surface area contributed by atoms with Crippen molar-refractivity contribution in [2.24, 2.45) is 0 Å². The molecule has 0 radical (unpaired) electrons. The molecule has 0 bridgehead atoms. The second-order valence-electron chi connectivity index (χ2n) is 22.4. The van der Waals surface area contributed by atoms with E-state index in [-0.39, 0.29) is 37.5 Å². The van der Waals surface area contributed by atoms with Crippen LogP contribution in [0.15, 0.2) is 72.9 Å². The molecule has 6 nitrogen and oxygen atoms in total. The largest absolute Gasteiger partial charge is 0.462 e. The highest BCUT2D eigenvalue weighted by Gasteiger charge is 2.19. The maximum absolute atomic E-state index is 12.9. The van der Waals surface area contributed by atoms with Gasteiger partial charge in [0.1, 0.15) is 13.2 Å². The van der Waals surface area contributed by atoms with Gasteiger partial charge in [0.15, 0.2) is 6.10 Å². The zero-order chi connectivity index (χ0) is 55.7. The average Bonchev–Trinajstić information content (AvgIpc) is 3.43. The van der Waals surface area contributed by atoms with Crippen LogP contribution in [0.25, 0.3) is 0 Å². The van der Waals surface area contributed by atoms with E-state index in [0.717, 1.165) is 89.9 Å². The van der Waals surface area contributed by atoms with E-state index in [1.54, 1.807) is 0 Å². The highest BCUT2D eigenvalue weighted by atomic mass is 16.6. The first-order valence-corrected chi connectivity index (χ1v) is 33.4. The Morgan fingerprint density at radius 3 is 0.792 bits per heavy atom. The van der Waals surface area contributed by atoms with Gasteiger partial charge in [-0.05, 0) is 70.6 Å². The Labute approximate surface area is 478 Å². The fourth-order valence-electron chi connectivity index (χ4n) is 9.74. The molecule has 6 heteroatoms. The number of esters is 3. The lowest BCUT2D eigenvalue weighted by atomic mass is 10.0. The number of unbranched alkanes of at least 4 members (excludes halogenated alkanes) is 38. The molecule has 1 unspecified atom stereocenters. The Bertz CT molecular complexity index is 1420. The number of carbonyl (C=O) groups excluding carboxylic acids is 3. The lowest BCUT2D eigenvalue weighted by Gasteiger charge is -2.18. The predicted molar refractivity (Wildman–Crippen MR) is 335 cm³/mol. The van der Waals surface area contributed by atoms with Gasteiger partial charge in [-0.1, -0.05) is 325 Å². The van der Waals surface area contributed by atoms with Crippen LogP contribution in [0.1, 0.15) is 342 Å². The lowest BCUT2D eigenvalue weighted by molar-refractivity contribution is -0.167. The summed E-state index contributed by atoms with van der Waals surface area (Å²) in [4.78, 5) is 38.3. The van der Waals surface area contributed by atoms with E-state index in [9.17, 15) is 14.4 Å². The molecule has 0 aliphatic rings. The van der Waals surface area contributed by atoms with Crippen molar-refractivity contribution in [3.63, 3.8) is 0 Å². The van der Waals surface area contributed by atoms with E-state index < -0.39 is 6.10 Å². The second-order valence-corrected chi connectivity index (χ2v) is 22.4. The van der Waals surface area contributed by atoms with Gasteiger partial charge in [-0.25, -0.2) is 0 Å². The Morgan fingerprint density at radius 2 is 0.506 bits per heavy atom. The van der Waals surface area contributed by atoms with E-state index in [0.29, 0.717) is 19.3 Å². The summed E-state index contributed by atoms with van der Waals surface area (Å²) in [5.41, 5.74) is 0. The van der Waals surface area contributed by atoms with E-state index in [1.165, 1.54) is 205 Å². The summed E-state index contributed by atoms with van der Waals surface area (Å²) in [5, 5.41) is 0. The third-order valence-corrected chi connectivity index (χ3v) is 14.7. The SMILES string of the molecule is CC/C=C\C/C=C\C/C=C\C/C=C\C/C=C\C/C=C\CCCCC(=O)OC(COC(=O)CCCCCCCCCCCCCCCC)COC(=O)CCCCCCCCCCCCCCCCCCCCCCCCCC. The molecule has 1 atom stereocenters. The first-order chi connectivity index (χ1) is 38.0. The van der Waals surface area contributed by atoms with Crippen LogP contribution in [0, 0.1) is 0 Å². The molecule has 77 heavy (non-hydrogen) atoms. The van der Waals surface area contributed by atoms with Crippen LogP contribution in [-0.4, -0.2) is 37.2 Å². The van der Waals surface area contributed by atoms with Crippen LogP contribution in [-0.2, 0) is 28.6 Å². The lowest BCUT2D eigenvalue weighted by Crippen LogP contribution is -2.30. The van der Waals surface area contributed by atoms with Gasteiger partial charge < -0.3 is 14.2 Å². The molecule has 0 aromatic carbocycles. The van der Waals surface area contributed by atoms with E-state index in [4.69, 9.17) is 14.2 Å². The zero-order valence-corrected chi connectivity index (χ0v) is 51.2. The quantitative estimate of drug-likeness (QED) is 0.0261. The number of carbonyl (C=O) groups is 3. The van der Waals surface area contributed by atoms with Crippen LogP contribution >= 0.6 is 0 Å². The topological polar surface area (TPSA) is 78.9 Å². The van der Waals surface area contributed by atoms with Crippen molar-refractivity contribution < 1.29 is 28.6 Å². The fraction of sp³-hybridized carbons (Fsp3) is 0.789. The number of rotatable bonds is 61. The van der Waals surface area contributed by atoms with Gasteiger partial charge in [-0.15, -0.1) is 0 Å². The van der Waals surface area contributed by atoms with Crippen LogP contribution in [0.3, 0.4) is 0 Å². The Balaban J connectivity index is 4.35. The van der Waals surface area contributed by atoms with E-state index in [1.807, 2.05) is 0 Å². The van der Waals surface area contributed by atoms with Crippen LogP contribution < -0.4 is 0 Å². The van der Waals surface area contributed by atoms with Gasteiger partial charge in [0, 0.05) is 19.3 Å². The molecule has 0 aromatic heterocycles. The van der Waals surface area contributed by atoms with Crippen molar-refractivity contribution in [1.82, 2.24) is 0 Å². The number of allylic oxidation sites excluding steroid dienone is 12. The Hall–Kier alpha value is -3.15. The third kappa shape index (κ3) is 63.6. The summed E-state index contributed by atoms with van der Waals surface area (Å²) in [5.74, 6) is -0.912. The maximum Gasteiger partial charge on any atom is 0.306 e. The molecule has 0 spiro atoms. The molecule has 0 aromatic rings. The number of ether oxygens (including phenoxy) is 3. The standard InChI is InChI=1S/C71H126O6/c1-4-7-10-13-16-19-22-25-28-30-32-34-35-36-38-39-41-43-46-49-52-55-58-61-64-70(73)76-67-68(66-75-69(72)63-60-57-54-51-48-45-27-24-21-18-15-12-9-6-3)77-71(74)65-62-59-56-53-50-47-44-42-40-37-33-31-29-26-23-20-17-14-11-8-5-2/h8,11,17,20,26,29,33,37,42,44,50,53,68H,4-7,9-10,12-16,18-19,21-25,27-28,30-32,34-36,38-41,43,45-49,51-52,54-67H2,1-3H3/b11-8-,20-17-,29-26-,37-33-,44-42-,53-50-. The first-order valence-electron chi connectivity index (χ1n) is 33.4. The van der Waals surface area contributed by atoms with Gasteiger partial charge in [0.2, 0.25) is 0 Å². The van der Waals surface area contributed by atoms with E-state index in [2.05, 4.69) is 93.7 Å². The zero-order valence-electron chi connectivity index (χ0n) is 51.2. The number of hydrogen-bond acceptors (Lipinski definition) is 6. The van der Waals surface area contributed by atoms with Gasteiger partial charge >= 0.3 is 17.9 Å². The normalized spacial score (nSPS) is 12.5. The van der Waals surface area contributed by atoms with Gasteiger partial charge in [0.25, 0.3) is 0 Å². The van der Waals surface area contributed by atoms with Gasteiger partial charge in [0.05, 0.1) is 0 Å². The molecular formula is C71H126O6. The van der Waals surface area contributed by atoms with E-state index >= 15 is 0 Å². The van der Waals surface area contributed by atoms with Crippen molar-refractivity contribution >= 4 is 17.9 Å².